The zero-order chi connectivity index (χ0) is 21.5. The molecule has 0 amide bonds. The maximum Gasteiger partial charge on any atom is 1.00 e. The zero-order valence-corrected chi connectivity index (χ0v) is 21.1. The van der Waals surface area contributed by atoms with Gasteiger partial charge in [0.05, 0.1) is 17.5 Å². The third kappa shape index (κ3) is 6.43. The van der Waals surface area contributed by atoms with Crippen molar-refractivity contribution in [3.8, 4) is 0 Å². The fraction of sp³-hybridized carbons (Fsp3) is 0.273. The van der Waals surface area contributed by atoms with Crippen LogP contribution in [0.1, 0.15) is 24.2 Å². The first-order valence-electron chi connectivity index (χ1n) is 9.78. The van der Waals surface area contributed by atoms with Crippen LogP contribution in [-0.4, -0.2) is 39.0 Å². The van der Waals surface area contributed by atoms with Crippen LogP contribution in [0.15, 0.2) is 64.4 Å². The minimum absolute atomic E-state index is 0. The second kappa shape index (κ2) is 12.0. The van der Waals surface area contributed by atoms with Crippen molar-refractivity contribution in [1.82, 2.24) is 19.7 Å². The predicted molar refractivity (Wildman–Crippen MR) is 122 cm³/mol. The van der Waals surface area contributed by atoms with Crippen molar-refractivity contribution in [2.24, 2.45) is 18.5 Å². The predicted octanol–water partition coefficient (Wildman–Crippen LogP) is 0.178. The fourth-order valence-electron chi connectivity index (χ4n) is 3.22. The van der Waals surface area contributed by atoms with Gasteiger partial charge in [0.1, 0.15) is 0 Å². The van der Waals surface area contributed by atoms with Crippen molar-refractivity contribution >= 4 is 29.0 Å². The monoisotopic (exact) mass is 446 g/mol. The standard InChI is InChI=1S/C14H12N3OS.C8H15N3.Na/c1-9-14(6-11(8-18)17(9)2)19-12-3-4-13-10(5-12)7-15-16-13;9-5-3-4-8(10)11-6-1-2-7-11;/h3-7H,1-2H3,(H,15,16);3-5H,1-2,6-7,9-10H2;/q-1;;+1/b;5-3-,8-4+;. The van der Waals surface area contributed by atoms with E-state index in [1.54, 1.807) is 17.8 Å². The Morgan fingerprint density at radius 3 is 2.68 bits per heavy atom. The third-order valence-electron chi connectivity index (χ3n) is 5.08. The van der Waals surface area contributed by atoms with E-state index in [9.17, 15) is 4.79 Å². The van der Waals surface area contributed by atoms with E-state index in [1.165, 1.54) is 19.0 Å². The van der Waals surface area contributed by atoms with Gasteiger partial charge in [-0.3, -0.25) is 5.10 Å². The first-order valence-corrected chi connectivity index (χ1v) is 10.6. The van der Waals surface area contributed by atoms with Gasteiger partial charge in [-0.05, 0) is 61.2 Å². The molecule has 1 aliphatic rings. The number of aromatic amines is 1. The van der Waals surface area contributed by atoms with E-state index >= 15 is 0 Å². The molecule has 0 bridgehead atoms. The molecule has 0 unspecified atom stereocenters. The van der Waals surface area contributed by atoms with Crippen LogP contribution in [0.4, 0.5) is 0 Å². The number of allylic oxidation sites excluding steroid dienone is 2. The molecule has 1 fully saturated rings. The van der Waals surface area contributed by atoms with E-state index in [0.717, 1.165) is 45.3 Å². The number of nitrogens with two attached hydrogens (primary N) is 2. The summed E-state index contributed by atoms with van der Waals surface area (Å²) < 4.78 is 1.85. The second-order valence-corrected chi connectivity index (χ2v) is 8.15. The summed E-state index contributed by atoms with van der Waals surface area (Å²) in [6.07, 6.45) is 11.3. The van der Waals surface area contributed by atoms with Crippen LogP contribution in [0.2, 0.25) is 0 Å². The van der Waals surface area contributed by atoms with Crippen LogP contribution < -0.4 is 41.0 Å². The van der Waals surface area contributed by atoms with Crippen molar-refractivity contribution < 1.29 is 34.4 Å². The number of hydrogen-bond donors (Lipinski definition) is 3. The molecule has 0 spiro atoms. The van der Waals surface area contributed by atoms with Gasteiger partial charge >= 0.3 is 29.6 Å². The van der Waals surface area contributed by atoms with Gasteiger partial charge in [-0.1, -0.05) is 5.69 Å². The molecule has 5 N–H and O–H groups in total. The van der Waals surface area contributed by atoms with Gasteiger partial charge in [0.2, 0.25) is 0 Å². The molecule has 7 nitrogen and oxygen atoms in total. The molecule has 1 aliphatic heterocycles. The van der Waals surface area contributed by atoms with E-state index < -0.39 is 0 Å². The summed E-state index contributed by atoms with van der Waals surface area (Å²) in [7, 11) is 1.87. The average Bonchev–Trinajstić information content (AvgIpc) is 3.50. The van der Waals surface area contributed by atoms with Gasteiger partial charge in [0, 0.05) is 42.4 Å². The molecule has 31 heavy (non-hydrogen) atoms. The van der Waals surface area contributed by atoms with E-state index in [1.807, 2.05) is 55.3 Å². The summed E-state index contributed by atoms with van der Waals surface area (Å²) in [5, 5.41) is 8.02. The molecule has 0 saturated carbocycles. The summed E-state index contributed by atoms with van der Waals surface area (Å²) in [5.41, 5.74) is 13.6. The molecule has 0 atom stereocenters. The van der Waals surface area contributed by atoms with E-state index in [-0.39, 0.29) is 29.6 Å². The number of nitrogens with zero attached hydrogens (tertiary/aromatic N) is 3. The molecule has 1 aromatic carbocycles. The third-order valence-corrected chi connectivity index (χ3v) is 6.21. The first-order chi connectivity index (χ1) is 14.5. The smallest absolute Gasteiger partial charge is 0.417 e. The summed E-state index contributed by atoms with van der Waals surface area (Å²) >= 11 is 1.64. The molecule has 4 rings (SSSR count). The Bertz CT molecular complexity index is 1070. The van der Waals surface area contributed by atoms with Crippen LogP contribution in [0.25, 0.3) is 10.9 Å². The zero-order valence-electron chi connectivity index (χ0n) is 18.3. The van der Waals surface area contributed by atoms with Gasteiger partial charge in [0.15, 0.2) is 0 Å². The Morgan fingerprint density at radius 1 is 1.29 bits per heavy atom. The van der Waals surface area contributed by atoms with Gasteiger partial charge in [-0.2, -0.15) is 11.2 Å². The second-order valence-electron chi connectivity index (χ2n) is 7.03. The van der Waals surface area contributed by atoms with E-state index in [0.29, 0.717) is 5.69 Å². The van der Waals surface area contributed by atoms with Crippen molar-refractivity contribution in [1.29, 1.82) is 0 Å². The van der Waals surface area contributed by atoms with Crippen molar-refractivity contribution in [2.75, 3.05) is 13.1 Å². The maximum atomic E-state index is 10.8. The number of aromatic nitrogens is 3. The van der Waals surface area contributed by atoms with Crippen LogP contribution >= 0.6 is 11.8 Å². The maximum absolute atomic E-state index is 10.8. The number of H-pyrrole nitrogens is 1. The number of fused-ring (bicyclic) bond motifs is 1. The van der Waals surface area contributed by atoms with Gasteiger partial charge in [0.25, 0.3) is 0 Å². The van der Waals surface area contributed by atoms with Crippen LogP contribution in [0, 0.1) is 6.92 Å². The molecule has 3 aromatic rings. The molecular weight excluding hydrogens is 419 g/mol. The van der Waals surface area contributed by atoms with Crippen LogP contribution in [0.5, 0.6) is 0 Å². The van der Waals surface area contributed by atoms with E-state index in [2.05, 4.69) is 21.2 Å². The minimum Gasteiger partial charge on any atom is -0.417 e. The summed E-state index contributed by atoms with van der Waals surface area (Å²) in [4.78, 5) is 15.2. The fourth-order valence-corrected chi connectivity index (χ4v) is 4.25. The number of hydrogen-bond acceptors (Lipinski definition) is 6. The van der Waals surface area contributed by atoms with E-state index in [4.69, 9.17) is 11.5 Å². The Hall–Kier alpha value is -2.13. The quantitative estimate of drug-likeness (QED) is 0.293. The van der Waals surface area contributed by atoms with Crippen molar-refractivity contribution in [2.45, 2.75) is 29.6 Å². The number of likely N-dealkylation sites (tertiary alicyclic amines) is 1. The van der Waals surface area contributed by atoms with Crippen molar-refractivity contribution in [3.63, 3.8) is 0 Å². The molecule has 2 aromatic heterocycles. The number of benzene rings is 1. The summed E-state index contributed by atoms with van der Waals surface area (Å²) in [5.74, 6) is 0.823. The molecule has 158 valence electrons. The molecule has 0 aliphatic carbocycles. The molecule has 0 radical (unpaired) electrons. The van der Waals surface area contributed by atoms with Crippen molar-refractivity contribution in [3.05, 3.63) is 66.0 Å². The van der Waals surface area contributed by atoms with Gasteiger partial charge in [-0.25, -0.2) is 0 Å². The molecule has 3 heterocycles. The minimum atomic E-state index is 0. The summed E-state index contributed by atoms with van der Waals surface area (Å²) in [6, 6.07) is 8.00. The molecular formula is C22H27N6NaOS. The Labute approximate surface area is 209 Å². The molecule has 1 saturated heterocycles. The van der Waals surface area contributed by atoms with Crippen LogP contribution in [0.3, 0.4) is 0 Å². The topological polar surface area (TPSA) is 106 Å². The average molecular weight is 447 g/mol. The Morgan fingerprint density at radius 2 is 2.03 bits per heavy atom. The van der Waals surface area contributed by atoms with Crippen LogP contribution in [-0.2, 0) is 11.8 Å². The largest absolute Gasteiger partial charge is 1.00 e. The Kier molecular flexibility index (Phi) is 9.77. The Balaban J connectivity index is 0.000000245. The number of rotatable bonds is 5. The van der Waals surface area contributed by atoms with Gasteiger partial charge in [-0.15, -0.1) is 11.8 Å². The SMILES string of the molecule is Cc1c(Sc2ccc3[nH]ncc3c2)cc([C-]=O)n1C.N/C=C\C=C(/N)N1CCCC1.[Na+]. The molecule has 9 heteroatoms. The summed E-state index contributed by atoms with van der Waals surface area (Å²) in [6.45, 7) is 4.17. The first kappa shape index (κ1) is 25.1. The number of carbonyl (C=O) groups excluding carboxylic acids is 1. The normalized spacial score (nSPS) is 13.9. The van der Waals surface area contributed by atoms with Gasteiger partial charge < -0.3 is 25.7 Å². The number of nitrogens with one attached hydrogen (secondary N) is 1.